The Morgan fingerprint density at radius 1 is 0.852 bits per heavy atom. The fourth-order valence-electron chi connectivity index (χ4n) is 3.27. The lowest BCUT2D eigenvalue weighted by molar-refractivity contribution is -0.120. The molecule has 2 aromatic rings. The maximum Gasteiger partial charge on any atom is 0.253 e. The molecule has 142 valence electrons. The standard InChI is InChI=1S/C22H25FN2O2/c23-20-11-7-17(8-12-20)15-21(26)24-16-18-5-9-19(10-6-18)22(27)25-13-3-1-2-4-14-25/h5-12H,1-4,13-16H2,(H,24,26). The van der Waals surface area contributed by atoms with Gasteiger partial charge in [0, 0.05) is 25.2 Å². The van der Waals surface area contributed by atoms with Crippen LogP contribution >= 0.6 is 0 Å². The summed E-state index contributed by atoms with van der Waals surface area (Å²) < 4.78 is 12.9. The van der Waals surface area contributed by atoms with Crippen LogP contribution in [0.25, 0.3) is 0 Å². The molecule has 0 aromatic heterocycles. The number of amides is 2. The van der Waals surface area contributed by atoms with E-state index in [0.29, 0.717) is 12.1 Å². The predicted molar refractivity (Wildman–Crippen MR) is 103 cm³/mol. The summed E-state index contributed by atoms with van der Waals surface area (Å²) in [5.41, 5.74) is 2.40. The molecule has 1 N–H and O–H groups in total. The number of hydrogen-bond acceptors (Lipinski definition) is 2. The van der Waals surface area contributed by atoms with E-state index in [2.05, 4.69) is 5.32 Å². The third kappa shape index (κ3) is 5.64. The second-order valence-electron chi connectivity index (χ2n) is 6.98. The fraction of sp³-hybridized carbons (Fsp3) is 0.364. The second kappa shape index (κ2) is 9.31. The summed E-state index contributed by atoms with van der Waals surface area (Å²) in [7, 11) is 0. The Morgan fingerprint density at radius 3 is 2.07 bits per heavy atom. The lowest BCUT2D eigenvalue weighted by Gasteiger charge is -2.20. The maximum atomic E-state index is 12.9. The Kier molecular flexibility index (Phi) is 6.58. The van der Waals surface area contributed by atoms with Crippen LogP contribution in [0.5, 0.6) is 0 Å². The number of halogens is 1. The molecule has 27 heavy (non-hydrogen) atoms. The summed E-state index contributed by atoms with van der Waals surface area (Å²) in [6.45, 7) is 2.07. The van der Waals surface area contributed by atoms with Gasteiger partial charge in [0.25, 0.3) is 5.91 Å². The number of nitrogens with zero attached hydrogens (tertiary/aromatic N) is 1. The Morgan fingerprint density at radius 2 is 1.44 bits per heavy atom. The molecular formula is C22H25FN2O2. The van der Waals surface area contributed by atoms with E-state index in [4.69, 9.17) is 0 Å². The fourth-order valence-corrected chi connectivity index (χ4v) is 3.27. The predicted octanol–water partition coefficient (Wildman–Crippen LogP) is 3.70. The molecule has 0 bridgehead atoms. The molecule has 0 atom stereocenters. The Hall–Kier alpha value is -2.69. The van der Waals surface area contributed by atoms with Gasteiger partial charge in [-0.2, -0.15) is 0 Å². The van der Waals surface area contributed by atoms with Crippen molar-refractivity contribution < 1.29 is 14.0 Å². The Balaban J connectivity index is 1.50. The zero-order valence-electron chi connectivity index (χ0n) is 15.4. The molecule has 1 aliphatic heterocycles. The van der Waals surface area contributed by atoms with Crippen LogP contribution in [0, 0.1) is 5.82 Å². The summed E-state index contributed by atoms with van der Waals surface area (Å²) >= 11 is 0. The first kappa shape index (κ1) is 19.1. The van der Waals surface area contributed by atoms with E-state index >= 15 is 0 Å². The zero-order valence-corrected chi connectivity index (χ0v) is 15.4. The normalized spacial score (nSPS) is 14.5. The van der Waals surface area contributed by atoms with Crippen molar-refractivity contribution in [3.63, 3.8) is 0 Å². The SMILES string of the molecule is O=C(Cc1ccc(F)cc1)NCc1ccc(C(=O)N2CCCCCC2)cc1. The van der Waals surface area contributed by atoms with E-state index in [1.54, 1.807) is 12.1 Å². The number of likely N-dealkylation sites (tertiary alicyclic amines) is 1. The average Bonchev–Trinajstić information content (AvgIpc) is 2.97. The molecule has 1 aliphatic rings. The number of carbonyl (C=O) groups excluding carboxylic acids is 2. The number of benzene rings is 2. The zero-order chi connectivity index (χ0) is 19.1. The van der Waals surface area contributed by atoms with Crippen LogP contribution in [-0.4, -0.2) is 29.8 Å². The lowest BCUT2D eigenvalue weighted by atomic mass is 10.1. The molecule has 1 saturated heterocycles. The van der Waals surface area contributed by atoms with E-state index in [9.17, 15) is 14.0 Å². The molecule has 0 aliphatic carbocycles. The number of nitrogens with one attached hydrogen (secondary N) is 1. The Bertz CT molecular complexity index is 764. The van der Waals surface area contributed by atoms with Crippen LogP contribution in [0.3, 0.4) is 0 Å². The van der Waals surface area contributed by atoms with Crippen molar-refractivity contribution in [3.8, 4) is 0 Å². The second-order valence-corrected chi connectivity index (χ2v) is 6.98. The summed E-state index contributed by atoms with van der Waals surface area (Å²) in [5, 5.41) is 2.85. The average molecular weight is 368 g/mol. The van der Waals surface area contributed by atoms with Crippen molar-refractivity contribution in [2.45, 2.75) is 38.6 Å². The van der Waals surface area contributed by atoms with Gasteiger partial charge in [0.15, 0.2) is 0 Å². The van der Waals surface area contributed by atoms with Gasteiger partial charge >= 0.3 is 0 Å². The minimum absolute atomic E-state index is 0.0868. The maximum absolute atomic E-state index is 12.9. The number of carbonyl (C=O) groups is 2. The molecule has 1 fully saturated rings. The van der Waals surface area contributed by atoms with Crippen LogP contribution < -0.4 is 5.32 Å². The van der Waals surface area contributed by atoms with Crippen molar-refractivity contribution in [3.05, 3.63) is 71.0 Å². The highest BCUT2D eigenvalue weighted by molar-refractivity contribution is 5.94. The van der Waals surface area contributed by atoms with Crippen molar-refractivity contribution in [1.82, 2.24) is 10.2 Å². The van der Waals surface area contributed by atoms with Gasteiger partial charge in [-0.3, -0.25) is 9.59 Å². The molecule has 2 aromatic carbocycles. The van der Waals surface area contributed by atoms with Gasteiger partial charge in [-0.25, -0.2) is 4.39 Å². The van der Waals surface area contributed by atoms with E-state index in [1.165, 1.54) is 25.0 Å². The van der Waals surface area contributed by atoms with Crippen molar-refractivity contribution in [2.24, 2.45) is 0 Å². The minimum atomic E-state index is -0.311. The highest BCUT2D eigenvalue weighted by Crippen LogP contribution is 2.14. The van der Waals surface area contributed by atoms with Gasteiger partial charge in [-0.15, -0.1) is 0 Å². The summed E-state index contributed by atoms with van der Waals surface area (Å²) in [5.74, 6) is -0.343. The third-order valence-electron chi connectivity index (χ3n) is 4.86. The summed E-state index contributed by atoms with van der Waals surface area (Å²) in [6.07, 6.45) is 4.75. The first-order chi connectivity index (χ1) is 13.1. The molecule has 0 spiro atoms. The van der Waals surface area contributed by atoms with Crippen molar-refractivity contribution in [2.75, 3.05) is 13.1 Å². The molecule has 0 saturated carbocycles. The van der Waals surface area contributed by atoms with Gasteiger partial charge in [0.2, 0.25) is 5.91 Å². The first-order valence-electron chi connectivity index (χ1n) is 9.51. The largest absolute Gasteiger partial charge is 0.352 e. The van der Waals surface area contributed by atoms with E-state index in [1.807, 2.05) is 29.2 Å². The van der Waals surface area contributed by atoms with Crippen LogP contribution in [0.4, 0.5) is 4.39 Å². The molecule has 3 rings (SSSR count). The van der Waals surface area contributed by atoms with Gasteiger partial charge in [-0.05, 0) is 48.2 Å². The molecule has 0 unspecified atom stereocenters. The van der Waals surface area contributed by atoms with Gasteiger partial charge in [0.05, 0.1) is 6.42 Å². The van der Waals surface area contributed by atoms with E-state index in [-0.39, 0.29) is 24.1 Å². The Labute approximate surface area is 159 Å². The first-order valence-corrected chi connectivity index (χ1v) is 9.51. The highest BCUT2D eigenvalue weighted by atomic mass is 19.1. The lowest BCUT2D eigenvalue weighted by Crippen LogP contribution is -2.31. The summed E-state index contributed by atoms with van der Waals surface area (Å²) in [6, 6.07) is 13.3. The molecule has 4 nitrogen and oxygen atoms in total. The van der Waals surface area contributed by atoms with Gasteiger partial charge < -0.3 is 10.2 Å². The van der Waals surface area contributed by atoms with Crippen molar-refractivity contribution >= 4 is 11.8 Å². The number of rotatable bonds is 5. The molecule has 5 heteroatoms. The summed E-state index contributed by atoms with van der Waals surface area (Å²) in [4.78, 5) is 26.5. The van der Waals surface area contributed by atoms with Crippen LogP contribution in [-0.2, 0) is 17.8 Å². The quantitative estimate of drug-likeness (QED) is 0.875. The molecule has 2 amide bonds. The number of hydrogen-bond donors (Lipinski definition) is 1. The van der Waals surface area contributed by atoms with Gasteiger partial charge in [0.1, 0.15) is 5.82 Å². The minimum Gasteiger partial charge on any atom is -0.352 e. The van der Waals surface area contributed by atoms with Gasteiger partial charge in [-0.1, -0.05) is 37.1 Å². The highest BCUT2D eigenvalue weighted by Gasteiger charge is 2.17. The third-order valence-corrected chi connectivity index (χ3v) is 4.86. The van der Waals surface area contributed by atoms with Crippen LogP contribution in [0.1, 0.15) is 47.2 Å². The smallest absolute Gasteiger partial charge is 0.253 e. The molecular weight excluding hydrogens is 343 g/mol. The van der Waals surface area contributed by atoms with E-state index < -0.39 is 0 Å². The molecule has 1 heterocycles. The topological polar surface area (TPSA) is 49.4 Å². The molecule has 0 radical (unpaired) electrons. The van der Waals surface area contributed by atoms with Crippen molar-refractivity contribution in [1.29, 1.82) is 0 Å². The van der Waals surface area contributed by atoms with E-state index in [0.717, 1.165) is 37.1 Å². The van der Waals surface area contributed by atoms with Crippen LogP contribution in [0.15, 0.2) is 48.5 Å². The monoisotopic (exact) mass is 368 g/mol. The van der Waals surface area contributed by atoms with Crippen LogP contribution in [0.2, 0.25) is 0 Å².